The van der Waals surface area contributed by atoms with E-state index in [-0.39, 0.29) is 0 Å². The molecule has 0 nitrogen and oxygen atoms in total. The Labute approximate surface area is 166 Å². The summed E-state index contributed by atoms with van der Waals surface area (Å²) in [6.45, 7) is 0. The summed E-state index contributed by atoms with van der Waals surface area (Å²) in [7, 11) is 0. The fraction of sp³-hybridized carbons (Fsp3) is 0.750. The Balaban J connectivity index is 5.31. The predicted molar refractivity (Wildman–Crippen MR) is 93.1 cm³/mol. The first-order valence-corrected chi connectivity index (χ1v) is 8.71. The second-order valence-corrected chi connectivity index (χ2v) is 10.0. The molecule has 114 valence electrons. The average Bonchev–Trinajstić information content (AvgIpc) is 2.25. The van der Waals surface area contributed by atoms with E-state index in [0.29, 0.717) is 0 Å². The Bertz CT molecular complexity index is 317. The largest absolute Gasteiger partial charge is 0.226 e. The molecule has 0 aliphatic heterocycles. The second kappa shape index (κ2) is 8.15. The number of halogens is 11. The van der Waals surface area contributed by atoms with Crippen molar-refractivity contribution in [2.75, 3.05) is 0 Å². The Morgan fingerprint density at radius 1 is 0.789 bits per heavy atom. The van der Waals surface area contributed by atoms with Crippen LogP contribution in [0.4, 0.5) is 0 Å². The topological polar surface area (TPSA) is 0 Å². The van der Waals surface area contributed by atoms with Crippen molar-refractivity contribution < 1.29 is 0 Å². The third kappa shape index (κ3) is 5.21. The van der Waals surface area contributed by atoms with Gasteiger partial charge in [-0.05, 0) is 0 Å². The van der Waals surface area contributed by atoms with Crippen LogP contribution in [0, 0.1) is 0 Å². The Kier molecular flexibility index (Phi) is 9.41. The number of hydrogen-bond acceptors (Lipinski definition) is 0. The molecule has 0 saturated carbocycles. The van der Waals surface area contributed by atoms with Crippen LogP contribution < -0.4 is 0 Å². The first kappa shape index (κ1) is 21.9. The Morgan fingerprint density at radius 2 is 1.21 bits per heavy atom. The van der Waals surface area contributed by atoms with Gasteiger partial charge in [-0.3, -0.25) is 0 Å². The molecule has 0 heterocycles. The summed E-state index contributed by atoms with van der Waals surface area (Å²) < 4.78 is -6.56. The van der Waals surface area contributed by atoms with Gasteiger partial charge in [0.2, 0.25) is 3.79 Å². The Hall–Kier alpha value is 2.93. The quantitative estimate of drug-likeness (QED) is 0.355. The van der Waals surface area contributed by atoms with Crippen LogP contribution in [0.1, 0.15) is 0 Å². The molecule has 0 amide bonds. The van der Waals surface area contributed by atoms with Gasteiger partial charge >= 0.3 is 0 Å². The SMILES string of the molecule is ClC=CC(Cl)C(Cl)C(Cl)C(Cl)(Cl)C(Cl)(Cl)C(Cl)(Cl)Cl. The van der Waals surface area contributed by atoms with Crippen molar-refractivity contribution in [2.24, 2.45) is 0 Å². The maximum absolute atomic E-state index is 6.04. The third-order valence-electron chi connectivity index (χ3n) is 1.96. The van der Waals surface area contributed by atoms with Crippen molar-refractivity contribution in [1.82, 2.24) is 0 Å². The summed E-state index contributed by atoms with van der Waals surface area (Å²) in [5.74, 6) is 0. The highest BCUT2D eigenvalue weighted by molar-refractivity contribution is 6.79. The molecule has 11 heteroatoms. The average molecular weight is 491 g/mol. The van der Waals surface area contributed by atoms with E-state index in [9.17, 15) is 0 Å². The highest BCUT2D eigenvalue weighted by Crippen LogP contribution is 2.59. The van der Waals surface area contributed by atoms with E-state index in [1.807, 2.05) is 0 Å². The van der Waals surface area contributed by atoms with E-state index >= 15 is 0 Å². The maximum Gasteiger partial charge on any atom is 0.226 e. The molecule has 0 aromatic heterocycles. The van der Waals surface area contributed by atoms with Crippen molar-refractivity contribution in [3.05, 3.63) is 11.6 Å². The monoisotopic (exact) mass is 486 g/mol. The molecule has 0 aliphatic rings. The van der Waals surface area contributed by atoms with E-state index in [0.717, 1.165) is 5.54 Å². The molecule has 0 aromatic rings. The van der Waals surface area contributed by atoms with Crippen LogP contribution in [0.3, 0.4) is 0 Å². The minimum atomic E-state index is -2.24. The van der Waals surface area contributed by atoms with Gasteiger partial charge in [-0.2, -0.15) is 0 Å². The van der Waals surface area contributed by atoms with Gasteiger partial charge in [0, 0.05) is 5.54 Å². The predicted octanol–water partition coefficient (Wildman–Crippen LogP) is 7.28. The lowest BCUT2D eigenvalue weighted by Crippen LogP contribution is -2.55. The molecule has 3 unspecified atom stereocenters. The second-order valence-electron chi connectivity index (χ2n) is 3.30. The molecule has 0 spiro atoms. The van der Waals surface area contributed by atoms with Crippen molar-refractivity contribution in [2.45, 2.75) is 28.6 Å². The van der Waals surface area contributed by atoms with Crippen LogP contribution in [0.15, 0.2) is 11.6 Å². The van der Waals surface area contributed by atoms with Crippen LogP contribution in [0.25, 0.3) is 0 Å². The lowest BCUT2D eigenvalue weighted by atomic mass is 10.1. The van der Waals surface area contributed by atoms with E-state index in [1.165, 1.54) is 6.08 Å². The van der Waals surface area contributed by atoms with Crippen LogP contribution in [0.2, 0.25) is 0 Å². The summed E-state index contributed by atoms with van der Waals surface area (Å²) in [6.07, 6.45) is 1.36. The first-order valence-electron chi connectivity index (χ1n) is 4.32. The molecule has 19 heavy (non-hydrogen) atoms. The van der Waals surface area contributed by atoms with Gasteiger partial charge < -0.3 is 0 Å². The fourth-order valence-electron chi connectivity index (χ4n) is 0.899. The molecular formula is C8H5Cl11. The minimum Gasteiger partial charge on any atom is -0.119 e. The molecule has 3 atom stereocenters. The zero-order valence-corrected chi connectivity index (χ0v) is 16.9. The summed E-state index contributed by atoms with van der Waals surface area (Å²) in [5, 5.41) is -3.03. The highest BCUT2D eigenvalue weighted by Gasteiger charge is 2.64. The van der Waals surface area contributed by atoms with Crippen LogP contribution in [-0.2, 0) is 0 Å². The number of allylic oxidation sites excluding steroid dienone is 1. The number of rotatable bonds is 5. The van der Waals surface area contributed by atoms with Gasteiger partial charge in [0.05, 0.1) is 16.1 Å². The normalized spacial score (nSPS) is 19.5. The minimum absolute atomic E-state index is 0.793. The molecule has 0 aliphatic carbocycles. The van der Waals surface area contributed by atoms with Crippen molar-refractivity contribution in [3.8, 4) is 0 Å². The fourth-order valence-corrected chi connectivity index (χ4v) is 3.78. The molecule has 0 rings (SSSR count). The lowest BCUT2D eigenvalue weighted by Gasteiger charge is -2.41. The summed E-state index contributed by atoms with van der Waals surface area (Å²) in [5.41, 5.74) is 1.16. The van der Waals surface area contributed by atoms with Gasteiger partial charge in [-0.25, -0.2) is 0 Å². The molecule has 0 bridgehead atoms. The lowest BCUT2D eigenvalue weighted by molar-refractivity contribution is 0.601. The maximum atomic E-state index is 6.04. The van der Waals surface area contributed by atoms with Crippen LogP contribution >= 0.6 is 128 Å². The molecule has 0 aromatic carbocycles. The molecule has 0 radical (unpaired) electrons. The van der Waals surface area contributed by atoms with Crippen molar-refractivity contribution in [1.29, 1.82) is 0 Å². The Morgan fingerprint density at radius 3 is 1.53 bits per heavy atom. The van der Waals surface area contributed by atoms with Crippen molar-refractivity contribution in [3.63, 3.8) is 0 Å². The van der Waals surface area contributed by atoms with Gasteiger partial charge in [0.25, 0.3) is 0 Å². The standard InChI is InChI=1S/C8H5Cl11/c9-2-1-3(10)4(11)5(12)6(13,14)7(15,16)8(17,18)19/h1-5H. The number of alkyl halides is 10. The van der Waals surface area contributed by atoms with Gasteiger partial charge in [-0.15, -0.1) is 34.8 Å². The van der Waals surface area contributed by atoms with E-state index in [2.05, 4.69) is 0 Å². The third-order valence-corrected chi connectivity index (χ3v) is 8.15. The summed E-state index contributed by atoms with van der Waals surface area (Å²) in [6, 6.07) is 0. The molecular weight excluding hydrogens is 486 g/mol. The smallest absolute Gasteiger partial charge is 0.119 e. The van der Waals surface area contributed by atoms with Crippen LogP contribution in [-0.4, -0.2) is 28.6 Å². The van der Waals surface area contributed by atoms with Crippen molar-refractivity contribution >= 4 is 128 Å². The van der Waals surface area contributed by atoms with Gasteiger partial charge in [0.1, 0.15) is 0 Å². The first-order chi connectivity index (χ1) is 8.30. The molecule has 0 saturated heterocycles. The van der Waals surface area contributed by atoms with Gasteiger partial charge in [0.15, 0.2) is 8.67 Å². The number of hydrogen-bond donors (Lipinski definition) is 0. The zero-order chi connectivity index (χ0) is 15.6. The van der Waals surface area contributed by atoms with E-state index in [4.69, 9.17) is 128 Å². The van der Waals surface area contributed by atoms with E-state index in [1.54, 1.807) is 0 Å². The summed E-state index contributed by atoms with van der Waals surface area (Å²) >= 11 is 64.1. The summed E-state index contributed by atoms with van der Waals surface area (Å²) in [4.78, 5) is 0. The highest BCUT2D eigenvalue weighted by atomic mass is 35.6. The zero-order valence-electron chi connectivity index (χ0n) is 8.54. The van der Waals surface area contributed by atoms with E-state index < -0.39 is 28.6 Å². The molecule has 0 N–H and O–H groups in total. The molecule has 0 fully saturated rings. The van der Waals surface area contributed by atoms with Crippen LogP contribution in [0.5, 0.6) is 0 Å². The van der Waals surface area contributed by atoms with Gasteiger partial charge in [-0.1, -0.05) is 98.9 Å².